The Balaban J connectivity index is 1.82. The zero-order valence-electron chi connectivity index (χ0n) is 13.7. The van der Waals surface area contributed by atoms with E-state index >= 15 is 0 Å². The number of anilines is 1. The van der Waals surface area contributed by atoms with Crippen molar-refractivity contribution in [3.63, 3.8) is 0 Å². The summed E-state index contributed by atoms with van der Waals surface area (Å²) < 4.78 is 5.62. The Morgan fingerprint density at radius 3 is 2.96 bits per heavy atom. The van der Waals surface area contributed by atoms with Gasteiger partial charge < -0.3 is 15.1 Å². The molecule has 0 spiro atoms. The van der Waals surface area contributed by atoms with Crippen LogP contribution in [-0.4, -0.2) is 37.3 Å². The number of ether oxygens (including phenoxy) is 1. The highest BCUT2D eigenvalue weighted by Crippen LogP contribution is 2.36. The monoisotopic (exact) mass is 393 g/mol. The summed E-state index contributed by atoms with van der Waals surface area (Å²) in [6.07, 6.45) is 1.82. The second-order valence-electron chi connectivity index (χ2n) is 6.08. The highest BCUT2D eigenvalue weighted by molar-refractivity contribution is 9.10. The molecule has 3 rings (SSSR count). The second kappa shape index (κ2) is 6.93. The van der Waals surface area contributed by atoms with Crippen molar-refractivity contribution in [1.82, 2.24) is 5.43 Å². The van der Waals surface area contributed by atoms with Gasteiger partial charge in [0.1, 0.15) is 5.92 Å². The van der Waals surface area contributed by atoms with E-state index in [9.17, 15) is 9.59 Å². The maximum atomic E-state index is 13.0. The summed E-state index contributed by atoms with van der Waals surface area (Å²) in [5.41, 5.74) is 5.71. The number of nitrogens with zero attached hydrogens (tertiary/aromatic N) is 2. The van der Waals surface area contributed by atoms with Crippen molar-refractivity contribution in [2.45, 2.75) is 32.2 Å². The quantitative estimate of drug-likeness (QED) is 0.615. The SMILES string of the molecule is COC(=O)CCCCN1C(=O)C2C(=NNC2C)c2cc(Br)ccc21. The Morgan fingerprint density at radius 2 is 2.21 bits per heavy atom. The summed E-state index contributed by atoms with van der Waals surface area (Å²) in [4.78, 5) is 26.0. The number of benzene rings is 1. The topological polar surface area (TPSA) is 71.0 Å². The van der Waals surface area contributed by atoms with Crippen LogP contribution < -0.4 is 10.3 Å². The third-order valence-electron chi connectivity index (χ3n) is 4.48. The number of carbonyl (C=O) groups is 2. The normalized spacial score (nSPS) is 21.7. The van der Waals surface area contributed by atoms with Crippen LogP contribution in [0.2, 0.25) is 0 Å². The standard InChI is InChI=1S/C17H20BrN3O3/c1-10-15-16(20-19-10)12-9-11(18)6-7-13(12)21(17(15)23)8-4-3-5-14(22)24-2/h6-7,9-10,15,19H,3-5,8H2,1-2H3. The molecule has 1 aromatic carbocycles. The van der Waals surface area contributed by atoms with Gasteiger partial charge in [0.2, 0.25) is 5.91 Å². The molecule has 0 aromatic heterocycles. The molecular weight excluding hydrogens is 374 g/mol. The van der Waals surface area contributed by atoms with Crippen molar-refractivity contribution in [2.24, 2.45) is 11.0 Å². The van der Waals surface area contributed by atoms with Crippen LogP contribution in [0, 0.1) is 5.92 Å². The van der Waals surface area contributed by atoms with E-state index in [1.54, 1.807) is 0 Å². The molecule has 128 valence electrons. The van der Waals surface area contributed by atoms with E-state index in [-0.39, 0.29) is 23.8 Å². The highest BCUT2D eigenvalue weighted by atomic mass is 79.9. The number of methoxy groups -OCH3 is 1. The fraction of sp³-hybridized carbons (Fsp3) is 0.471. The Bertz CT molecular complexity index is 704. The van der Waals surface area contributed by atoms with Crippen LogP contribution in [0.15, 0.2) is 27.8 Å². The number of unbranched alkanes of at least 4 members (excludes halogenated alkanes) is 1. The summed E-state index contributed by atoms with van der Waals surface area (Å²) in [5, 5.41) is 4.37. The highest BCUT2D eigenvalue weighted by Gasteiger charge is 2.43. The number of halogens is 1. The average molecular weight is 394 g/mol. The van der Waals surface area contributed by atoms with Crippen molar-refractivity contribution < 1.29 is 14.3 Å². The van der Waals surface area contributed by atoms with Crippen molar-refractivity contribution in [1.29, 1.82) is 0 Å². The van der Waals surface area contributed by atoms with E-state index in [1.807, 2.05) is 30.0 Å². The van der Waals surface area contributed by atoms with Crippen LogP contribution >= 0.6 is 15.9 Å². The lowest BCUT2D eigenvalue weighted by atomic mass is 9.86. The molecule has 1 N–H and O–H groups in total. The number of carbonyl (C=O) groups excluding carboxylic acids is 2. The van der Waals surface area contributed by atoms with Gasteiger partial charge in [-0.3, -0.25) is 9.59 Å². The maximum absolute atomic E-state index is 13.0. The first-order valence-corrected chi connectivity index (χ1v) is 8.83. The summed E-state index contributed by atoms with van der Waals surface area (Å²) >= 11 is 3.50. The van der Waals surface area contributed by atoms with Crippen LogP contribution in [0.5, 0.6) is 0 Å². The van der Waals surface area contributed by atoms with Crippen molar-refractivity contribution >= 4 is 39.2 Å². The van der Waals surface area contributed by atoms with Crippen LogP contribution in [0.25, 0.3) is 0 Å². The number of hydrazone groups is 1. The molecule has 0 aliphatic carbocycles. The number of nitrogens with one attached hydrogen (secondary N) is 1. The predicted molar refractivity (Wildman–Crippen MR) is 95.0 cm³/mol. The van der Waals surface area contributed by atoms with Crippen molar-refractivity contribution in [2.75, 3.05) is 18.6 Å². The predicted octanol–water partition coefficient (Wildman–Crippen LogP) is 2.45. The molecule has 6 nitrogen and oxygen atoms in total. The molecule has 2 aliphatic rings. The molecule has 0 saturated heterocycles. The smallest absolute Gasteiger partial charge is 0.305 e. The van der Waals surface area contributed by atoms with Crippen LogP contribution in [-0.2, 0) is 14.3 Å². The van der Waals surface area contributed by atoms with Gasteiger partial charge in [-0.05, 0) is 38.0 Å². The number of rotatable bonds is 5. The molecule has 0 saturated carbocycles. The number of hydrogen-bond donors (Lipinski definition) is 1. The average Bonchev–Trinajstić information content (AvgIpc) is 2.96. The molecule has 2 heterocycles. The fourth-order valence-corrected chi connectivity index (χ4v) is 3.58. The minimum Gasteiger partial charge on any atom is -0.469 e. The molecule has 2 aliphatic heterocycles. The zero-order chi connectivity index (χ0) is 17.3. The third kappa shape index (κ3) is 3.05. The minimum absolute atomic E-state index is 0.0165. The van der Waals surface area contributed by atoms with E-state index in [1.165, 1.54) is 7.11 Å². The summed E-state index contributed by atoms with van der Waals surface area (Å²) in [6.45, 7) is 2.55. The first kappa shape index (κ1) is 17.0. The van der Waals surface area contributed by atoms with Gasteiger partial charge in [-0.2, -0.15) is 5.10 Å². The van der Waals surface area contributed by atoms with Crippen LogP contribution in [0.1, 0.15) is 31.7 Å². The van der Waals surface area contributed by atoms with Crippen LogP contribution in [0.4, 0.5) is 5.69 Å². The maximum Gasteiger partial charge on any atom is 0.305 e. The molecule has 2 unspecified atom stereocenters. The van der Waals surface area contributed by atoms with Gasteiger partial charge in [-0.25, -0.2) is 0 Å². The van der Waals surface area contributed by atoms with Gasteiger partial charge in [-0.15, -0.1) is 0 Å². The van der Waals surface area contributed by atoms with E-state index in [2.05, 4.69) is 31.2 Å². The summed E-state index contributed by atoms with van der Waals surface area (Å²) in [7, 11) is 1.39. The molecule has 1 aromatic rings. The summed E-state index contributed by atoms with van der Waals surface area (Å²) in [6, 6.07) is 5.87. The Hall–Kier alpha value is -1.89. The zero-order valence-corrected chi connectivity index (χ0v) is 15.3. The third-order valence-corrected chi connectivity index (χ3v) is 4.97. The van der Waals surface area contributed by atoms with Crippen LogP contribution in [0.3, 0.4) is 0 Å². The first-order valence-electron chi connectivity index (χ1n) is 8.04. The molecule has 2 atom stereocenters. The lowest BCUT2D eigenvalue weighted by Gasteiger charge is -2.34. The van der Waals surface area contributed by atoms with Crippen molar-refractivity contribution in [3.8, 4) is 0 Å². The Kier molecular flexibility index (Phi) is 4.89. The molecule has 0 bridgehead atoms. The van der Waals surface area contributed by atoms with Gasteiger partial charge in [-0.1, -0.05) is 15.9 Å². The number of esters is 1. The fourth-order valence-electron chi connectivity index (χ4n) is 3.22. The van der Waals surface area contributed by atoms with E-state index in [0.29, 0.717) is 19.4 Å². The van der Waals surface area contributed by atoms with E-state index in [0.717, 1.165) is 27.9 Å². The molecular formula is C17H20BrN3O3. The van der Waals surface area contributed by atoms with Gasteiger partial charge in [0.15, 0.2) is 0 Å². The molecule has 0 fully saturated rings. The number of hydrogen-bond acceptors (Lipinski definition) is 5. The number of amides is 1. The molecule has 1 amide bonds. The molecule has 0 radical (unpaired) electrons. The van der Waals surface area contributed by atoms with E-state index in [4.69, 9.17) is 0 Å². The minimum atomic E-state index is -0.257. The molecule has 24 heavy (non-hydrogen) atoms. The Morgan fingerprint density at radius 1 is 1.42 bits per heavy atom. The Labute approximate surface area is 149 Å². The van der Waals surface area contributed by atoms with E-state index < -0.39 is 0 Å². The second-order valence-corrected chi connectivity index (χ2v) is 6.99. The number of fused-ring (bicyclic) bond motifs is 3. The summed E-state index contributed by atoms with van der Waals surface area (Å²) in [5.74, 6) is -0.404. The van der Waals surface area contributed by atoms with Gasteiger partial charge in [0.25, 0.3) is 0 Å². The van der Waals surface area contributed by atoms with Gasteiger partial charge >= 0.3 is 5.97 Å². The first-order chi connectivity index (χ1) is 11.5. The van der Waals surface area contributed by atoms with Gasteiger partial charge in [0, 0.05) is 23.0 Å². The molecule has 7 heteroatoms. The van der Waals surface area contributed by atoms with Gasteiger partial charge in [0.05, 0.1) is 24.6 Å². The van der Waals surface area contributed by atoms with Crippen molar-refractivity contribution in [3.05, 3.63) is 28.2 Å². The lowest BCUT2D eigenvalue weighted by Crippen LogP contribution is -2.48. The largest absolute Gasteiger partial charge is 0.469 e. The lowest BCUT2D eigenvalue weighted by molar-refractivity contribution is -0.140.